The first kappa shape index (κ1) is 20.7. The van der Waals surface area contributed by atoms with Gasteiger partial charge in [-0.05, 0) is 59.5 Å². The van der Waals surface area contributed by atoms with Crippen LogP contribution in [0.1, 0.15) is 27.0 Å². The molecule has 0 unspecified atom stereocenters. The fourth-order valence-corrected chi connectivity index (χ4v) is 3.82. The molecule has 162 valence electrons. The molecular weight excluding hydrogens is 415 g/mol. The second kappa shape index (κ2) is 8.75. The molecule has 1 aliphatic heterocycles. The minimum atomic E-state index is -0.284. The van der Waals surface area contributed by atoms with Crippen molar-refractivity contribution in [1.82, 2.24) is 0 Å². The molecule has 0 aromatic heterocycles. The summed E-state index contributed by atoms with van der Waals surface area (Å²) in [6, 6.07) is 27.8. The summed E-state index contributed by atoms with van der Waals surface area (Å²) in [6.07, 6.45) is 1.76. The molecule has 0 bridgehead atoms. The number of allylic oxidation sites excluding steroid dienone is 1. The number of hydrogen-bond donors (Lipinski definition) is 0. The summed E-state index contributed by atoms with van der Waals surface area (Å²) < 4.78 is 25.0. The molecule has 4 aromatic rings. The van der Waals surface area contributed by atoms with Crippen LogP contribution in [-0.2, 0) is 6.61 Å². The Morgan fingerprint density at radius 3 is 2.27 bits per heavy atom. The van der Waals surface area contributed by atoms with Crippen molar-refractivity contribution in [2.75, 3.05) is 0 Å². The third kappa shape index (κ3) is 4.28. The van der Waals surface area contributed by atoms with E-state index in [2.05, 4.69) is 12.1 Å². The largest absolute Gasteiger partial charge is 0.488 e. The van der Waals surface area contributed by atoms with Crippen LogP contribution in [0, 0.1) is 12.7 Å². The lowest BCUT2D eigenvalue weighted by Crippen LogP contribution is -1.98. The average Bonchev–Trinajstić information content (AvgIpc) is 3.17. The predicted octanol–water partition coefficient (Wildman–Crippen LogP) is 7.00. The van der Waals surface area contributed by atoms with Crippen LogP contribution in [0.25, 0.3) is 17.2 Å². The number of halogens is 1. The zero-order valence-electron chi connectivity index (χ0n) is 18.0. The Hall–Kier alpha value is -4.18. The molecule has 0 saturated carbocycles. The quantitative estimate of drug-likeness (QED) is 0.316. The summed E-state index contributed by atoms with van der Waals surface area (Å²) in [5, 5.41) is 0. The van der Waals surface area contributed by atoms with E-state index in [-0.39, 0.29) is 17.4 Å². The van der Waals surface area contributed by atoms with Gasteiger partial charge in [-0.25, -0.2) is 4.39 Å². The first-order valence-electron chi connectivity index (χ1n) is 10.7. The third-order valence-corrected chi connectivity index (χ3v) is 5.66. The van der Waals surface area contributed by atoms with Crippen molar-refractivity contribution >= 4 is 11.9 Å². The number of carbonyl (C=O) groups is 1. The lowest BCUT2D eigenvalue weighted by molar-refractivity contribution is 0.101. The van der Waals surface area contributed by atoms with Crippen molar-refractivity contribution in [3.05, 3.63) is 125 Å². The lowest BCUT2D eigenvalue weighted by Gasteiger charge is -2.11. The van der Waals surface area contributed by atoms with Gasteiger partial charge in [-0.1, -0.05) is 66.7 Å². The summed E-state index contributed by atoms with van der Waals surface area (Å²) in [5.74, 6) is 0.998. The van der Waals surface area contributed by atoms with Crippen LogP contribution in [0.5, 0.6) is 11.5 Å². The van der Waals surface area contributed by atoms with Crippen LogP contribution in [0.15, 0.2) is 96.8 Å². The summed E-state index contributed by atoms with van der Waals surface area (Å²) in [6.45, 7) is 2.16. The van der Waals surface area contributed by atoms with Crippen molar-refractivity contribution in [3.63, 3.8) is 0 Å². The van der Waals surface area contributed by atoms with Gasteiger partial charge in [-0.3, -0.25) is 4.79 Å². The van der Waals surface area contributed by atoms with Gasteiger partial charge in [0.15, 0.2) is 5.76 Å². The zero-order chi connectivity index (χ0) is 22.8. The van der Waals surface area contributed by atoms with Crippen molar-refractivity contribution in [2.24, 2.45) is 0 Å². The molecule has 4 heteroatoms. The molecule has 33 heavy (non-hydrogen) atoms. The Bertz CT molecular complexity index is 1340. The van der Waals surface area contributed by atoms with E-state index in [0.29, 0.717) is 23.7 Å². The van der Waals surface area contributed by atoms with Gasteiger partial charge in [0.05, 0.1) is 5.56 Å². The molecule has 0 saturated heterocycles. The van der Waals surface area contributed by atoms with E-state index in [1.807, 2.05) is 49.4 Å². The Morgan fingerprint density at radius 2 is 1.55 bits per heavy atom. The molecule has 0 spiro atoms. The topological polar surface area (TPSA) is 35.5 Å². The van der Waals surface area contributed by atoms with E-state index in [1.165, 1.54) is 12.1 Å². The predicted molar refractivity (Wildman–Crippen MR) is 127 cm³/mol. The molecule has 0 N–H and O–H groups in total. The molecule has 0 atom stereocenters. The van der Waals surface area contributed by atoms with Crippen molar-refractivity contribution in [3.8, 4) is 22.6 Å². The van der Waals surface area contributed by atoms with Crippen LogP contribution < -0.4 is 9.47 Å². The first-order valence-corrected chi connectivity index (χ1v) is 10.7. The van der Waals surface area contributed by atoms with Crippen LogP contribution >= 0.6 is 0 Å². The second-order valence-electron chi connectivity index (χ2n) is 7.91. The van der Waals surface area contributed by atoms with Gasteiger partial charge in [-0.15, -0.1) is 0 Å². The molecule has 1 aliphatic rings. The highest BCUT2D eigenvalue weighted by molar-refractivity contribution is 6.15. The van der Waals surface area contributed by atoms with Gasteiger partial charge in [0.1, 0.15) is 23.9 Å². The van der Waals surface area contributed by atoms with E-state index >= 15 is 0 Å². The van der Waals surface area contributed by atoms with Crippen molar-refractivity contribution in [2.45, 2.75) is 13.5 Å². The monoisotopic (exact) mass is 436 g/mol. The van der Waals surface area contributed by atoms with Crippen LogP contribution in [0.4, 0.5) is 4.39 Å². The molecular formula is C29H21FO3. The van der Waals surface area contributed by atoms with Crippen LogP contribution in [-0.4, -0.2) is 5.78 Å². The molecule has 5 rings (SSSR count). The summed E-state index contributed by atoms with van der Waals surface area (Å²) in [4.78, 5) is 12.9. The molecule has 1 heterocycles. The molecule has 4 aromatic carbocycles. The van der Waals surface area contributed by atoms with E-state index < -0.39 is 0 Å². The van der Waals surface area contributed by atoms with Crippen molar-refractivity contribution < 1.29 is 18.7 Å². The van der Waals surface area contributed by atoms with Gasteiger partial charge in [0.25, 0.3) is 0 Å². The Labute approximate surface area is 191 Å². The number of rotatable bonds is 5. The average molecular weight is 436 g/mol. The number of Topliss-reactive ketones (excluding diaryl/α,β-unsaturated/α-hetero) is 1. The molecule has 3 nitrogen and oxygen atoms in total. The van der Waals surface area contributed by atoms with Gasteiger partial charge in [0.2, 0.25) is 5.78 Å². The Morgan fingerprint density at radius 1 is 0.848 bits per heavy atom. The van der Waals surface area contributed by atoms with E-state index in [1.54, 1.807) is 30.3 Å². The Balaban J connectivity index is 1.34. The smallest absolute Gasteiger partial charge is 0.231 e. The van der Waals surface area contributed by atoms with Crippen LogP contribution in [0.3, 0.4) is 0 Å². The summed E-state index contributed by atoms with van der Waals surface area (Å²) >= 11 is 0. The normalized spacial score (nSPS) is 13.6. The van der Waals surface area contributed by atoms with Crippen molar-refractivity contribution in [1.29, 1.82) is 0 Å². The maximum Gasteiger partial charge on any atom is 0.231 e. The minimum Gasteiger partial charge on any atom is -0.488 e. The highest BCUT2D eigenvalue weighted by atomic mass is 19.1. The zero-order valence-corrected chi connectivity index (χ0v) is 18.0. The summed E-state index contributed by atoms with van der Waals surface area (Å²) in [5.41, 5.74) is 5.27. The molecule has 0 radical (unpaired) electrons. The number of ether oxygens (including phenoxy) is 2. The van der Waals surface area contributed by atoms with Gasteiger partial charge >= 0.3 is 0 Å². The SMILES string of the molecule is Cc1c(OCc2ccc(F)cc2)ccc2c1O/C(=C\c1ccc(-c3ccccc3)cc1)C2=O. The minimum absolute atomic E-state index is 0.148. The van der Waals surface area contributed by atoms with E-state index in [0.717, 1.165) is 27.8 Å². The maximum absolute atomic E-state index is 13.1. The number of hydrogen-bond acceptors (Lipinski definition) is 3. The van der Waals surface area contributed by atoms with E-state index in [4.69, 9.17) is 9.47 Å². The second-order valence-corrected chi connectivity index (χ2v) is 7.91. The number of benzene rings is 4. The summed E-state index contributed by atoms with van der Waals surface area (Å²) in [7, 11) is 0. The molecule has 0 amide bonds. The third-order valence-electron chi connectivity index (χ3n) is 5.66. The fraction of sp³-hybridized carbons (Fsp3) is 0.0690. The van der Waals surface area contributed by atoms with Gasteiger partial charge in [0, 0.05) is 5.56 Å². The molecule has 0 aliphatic carbocycles. The first-order chi connectivity index (χ1) is 16.1. The maximum atomic E-state index is 13.1. The number of carbonyl (C=O) groups excluding carboxylic acids is 1. The standard InChI is InChI=1S/C29H21FO3/c1-19-26(32-18-21-9-13-24(30)14-10-21)16-15-25-28(31)27(33-29(19)25)17-20-7-11-23(12-8-20)22-5-3-2-4-6-22/h2-17H,18H2,1H3/b27-17-. The highest BCUT2D eigenvalue weighted by Crippen LogP contribution is 2.39. The Kier molecular flexibility index (Phi) is 5.49. The van der Waals surface area contributed by atoms with Crippen LogP contribution in [0.2, 0.25) is 0 Å². The van der Waals surface area contributed by atoms with E-state index in [9.17, 15) is 9.18 Å². The molecule has 0 fully saturated rings. The van der Waals surface area contributed by atoms with Gasteiger partial charge in [-0.2, -0.15) is 0 Å². The highest BCUT2D eigenvalue weighted by Gasteiger charge is 2.30. The lowest BCUT2D eigenvalue weighted by atomic mass is 10.0. The van der Waals surface area contributed by atoms with Gasteiger partial charge < -0.3 is 9.47 Å². The number of ketones is 1. The number of fused-ring (bicyclic) bond motifs is 1. The fourth-order valence-electron chi connectivity index (χ4n) is 3.82.